The normalized spacial score (nSPS) is 21.4. The monoisotopic (exact) mass is 417 g/mol. The van der Waals surface area contributed by atoms with Gasteiger partial charge in [0.15, 0.2) is 5.96 Å². The summed E-state index contributed by atoms with van der Waals surface area (Å²) < 4.78 is 29.7. The van der Waals surface area contributed by atoms with E-state index in [-0.39, 0.29) is 36.0 Å². The number of ether oxygens (including phenoxy) is 1. The molecule has 0 aromatic heterocycles. The van der Waals surface area contributed by atoms with E-state index in [0.29, 0.717) is 22.9 Å². The van der Waals surface area contributed by atoms with Gasteiger partial charge in [0.1, 0.15) is 5.75 Å². The number of alkyl halides is 2. The predicted octanol–water partition coefficient (Wildman–Crippen LogP) is 3.35. The average molecular weight is 418 g/mol. The first kappa shape index (κ1) is 17.2. The molecule has 112 valence electrons. The molecule has 0 aliphatic heterocycles. The van der Waals surface area contributed by atoms with Crippen molar-refractivity contribution in [2.75, 3.05) is 12.4 Å². The molecule has 0 spiro atoms. The minimum Gasteiger partial charge on any atom is -0.495 e. The van der Waals surface area contributed by atoms with E-state index < -0.39 is 12.3 Å². The zero-order chi connectivity index (χ0) is 14.0. The standard InChI is InChI=1S/C12H14ClF2N3O.HI/c1-19-10-3-2-6(4-8(10)13)17-12(16)18-9-5-7(9)11(14)15;/h2-4,7,9,11H,5H2,1H3,(H3,16,17,18);1H/t7-,9-;/m0./s1. The number of hydrogen-bond donors (Lipinski definition) is 2. The number of methoxy groups -OCH3 is 1. The zero-order valence-electron chi connectivity index (χ0n) is 10.6. The lowest BCUT2D eigenvalue weighted by Crippen LogP contribution is -2.23. The fraction of sp³-hybridized carbons (Fsp3) is 0.417. The van der Waals surface area contributed by atoms with E-state index in [9.17, 15) is 8.78 Å². The van der Waals surface area contributed by atoms with E-state index in [1.54, 1.807) is 18.2 Å². The van der Waals surface area contributed by atoms with Crippen LogP contribution in [0.3, 0.4) is 0 Å². The van der Waals surface area contributed by atoms with Crippen molar-refractivity contribution in [2.24, 2.45) is 16.6 Å². The summed E-state index contributed by atoms with van der Waals surface area (Å²) in [6.07, 6.45) is -1.96. The van der Waals surface area contributed by atoms with Crippen molar-refractivity contribution in [3.05, 3.63) is 23.2 Å². The number of benzene rings is 1. The van der Waals surface area contributed by atoms with Gasteiger partial charge in [0.2, 0.25) is 6.43 Å². The number of nitrogens with two attached hydrogens (primary N) is 1. The molecule has 0 saturated heterocycles. The van der Waals surface area contributed by atoms with Gasteiger partial charge in [0, 0.05) is 11.6 Å². The molecule has 0 amide bonds. The molecule has 1 aromatic rings. The molecule has 2 rings (SSSR count). The number of guanidine groups is 1. The molecular weight excluding hydrogens is 403 g/mol. The summed E-state index contributed by atoms with van der Waals surface area (Å²) in [6, 6.07) is 4.63. The van der Waals surface area contributed by atoms with Crippen LogP contribution in [0.15, 0.2) is 23.2 Å². The van der Waals surface area contributed by atoms with Gasteiger partial charge < -0.3 is 15.8 Å². The summed E-state index contributed by atoms with van der Waals surface area (Å²) in [6.45, 7) is 0. The van der Waals surface area contributed by atoms with Crippen LogP contribution in [-0.4, -0.2) is 25.5 Å². The number of aliphatic imine (C=N–C) groups is 1. The molecule has 3 N–H and O–H groups in total. The lowest BCUT2D eigenvalue weighted by Gasteiger charge is -2.08. The van der Waals surface area contributed by atoms with Gasteiger partial charge >= 0.3 is 0 Å². The van der Waals surface area contributed by atoms with Crippen LogP contribution in [0, 0.1) is 5.92 Å². The lowest BCUT2D eigenvalue weighted by molar-refractivity contribution is 0.121. The maximum Gasteiger partial charge on any atom is 0.243 e. The Kier molecular flexibility index (Phi) is 6.25. The van der Waals surface area contributed by atoms with Crippen LogP contribution < -0.4 is 15.8 Å². The second-order valence-corrected chi connectivity index (χ2v) is 4.70. The van der Waals surface area contributed by atoms with Crippen LogP contribution in [0.5, 0.6) is 5.75 Å². The Morgan fingerprint density at radius 1 is 1.55 bits per heavy atom. The third-order valence-electron chi connectivity index (χ3n) is 2.86. The molecule has 0 heterocycles. The molecule has 20 heavy (non-hydrogen) atoms. The van der Waals surface area contributed by atoms with Crippen molar-refractivity contribution in [3.63, 3.8) is 0 Å². The highest BCUT2D eigenvalue weighted by molar-refractivity contribution is 14.0. The van der Waals surface area contributed by atoms with E-state index in [1.807, 2.05) is 0 Å². The zero-order valence-corrected chi connectivity index (χ0v) is 13.7. The second-order valence-electron chi connectivity index (χ2n) is 4.29. The molecule has 1 fully saturated rings. The maximum atomic E-state index is 12.3. The number of nitrogens with one attached hydrogen (secondary N) is 1. The number of halogens is 4. The van der Waals surface area contributed by atoms with Gasteiger partial charge in [0.05, 0.1) is 18.2 Å². The summed E-state index contributed by atoms with van der Waals surface area (Å²) >= 11 is 5.95. The molecule has 1 aromatic carbocycles. The third kappa shape index (κ3) is 4.34. The molecule has 1 aliphatic carbocycles. The van der Waals surface area contributed by atoms with Crippen molar-refractivity contribution >= 4 is 47.2 Å². The van der Waals surface area contributed by atoms with Crippen LogP contribution in [0.4, 0.5) is 14.5 Å². The molecule has 0 radical (unpaired) electrons. The molecule has 8 heteroatoms. The average Bonchev–Trinajstić information content (AvgIpc) is 3.08. The van der Waals surface area contributed by atoms with Crippen molar-refractivity contribution in [1.29, 1.82) is 0 Å². The van der Waals surface area contributed by atoms with Gasteiger partial charge in [-0.05, 0) is 24.6 Å². The first-order chi connectivity index (χ1) is 9.01. The van der Waals surface area contributed by atoms with Gasteiger partial charge in [-0.2, -0.15) is 0 Å². The molecule has 1 aliphatic rings. The molecule has 2 atom stereocenters. The fourth-order valence-electron chi connectivity index (χ4n) is 1.72. The quantitative estimate of drug-likeness (QED) is 0.449. The molecule has 4 nitrogen and oxygen atoms in total. The van der Waals surface area contributed by atoms with E-state index in [0.717, 1.165) is 0 Å². The molecule has 1 saturated carbocycles. The van der Waals surface area contributed by atoms with Crippen LogP contribution in [0.1, 0.15) is 6.42 Å². The highest BCUT2D eigenvalue weighted by atomic mass is 127. The number of anilines is 1. The van der Waals surface area contributed by atoms with Gasteiger partial charge in [-0.15, -0.1) is 24.0 Å². The highest BCUT2D eigenvalue weighted by Crippen LogP contribution is 2.39. The topological polar surface area (TPSA) is 59.6 Å². The summed E-state index contributed by atoms with van der Waals surface area (Å²) in [5.74, 6) is -0.0168. The SMILES string of the molecule is COc1ccc(NC(N)=N[C@H]2C[C@@H]2C(F)F)cc1Cl.I. The van der Waals surface area contributed by atoms with E-state index in [2.05, 4.69) is 10.3 Å². The van der Waals surface area contributed by atoms with E-state index in [1.165, 1.54) is 7.11 Å². The number of rotatable bonds is 4. The second kappa shape index (κ2) is 7.26. The van der Waals surface area contributed by atoms with Crippen molar-refractivity contribution < 1.29 is 13.5 Å². The van der Waals surface area contributed by atoms with Gasteiger partial charge in [-0.3, -0.25) is 0 Å². The smallest absolute Gasteiger partial charge is 0.243 e. The largest absolute Gasteiger partial charge is 0.495 e. The first-order valence-corrected chi connectivity index (χ1v) is 6.11. The Hall–Kier alpha value is -0.830. The summed E-state index contributed by atoms with van der Waals surface area (Å²) in [5, 5.41) is 3.24. The summed E-state index contributed by atoms with van der Waals surface area (Å²) in [4.78, 5) is 3.99. The Bertz CT molecular complexity index is 502. The fourth-order valence-corrected chi connectivity index (χ4v) is 1.98. The number of hydrogen-bond acceptors (Lipinski definition) is 2. The summed E-state index contributed by atoms with van der Waals surface area (Å²) in [5.41, 5.74) is 6.28. The van der Waals surface area contributed by atoms with E-state index in [4.69, 9.17) is 22.1 Å². The Morgan fingerprint density at radius 2 is 2.25 bits per heavy atom. The Labute approximate surface area is 137 Å². The maximum absolute atomic E-state index is 12.3. The minimum absolute atomic E-state index is 0. The van der Waals surface area contributed by atoms with Gasteiger partial charge in [-0.1, -0.05) is 11.6 Å². The van der Waals surface area contributed by atoms with Gasteiger partial charge in [-0.25, -0.2) is 13.8 Å². The van der Waals surface area contributed by atoms with Crippen LogP contribution >= 0.6 is 35.6 Å². The third-order valence-corrected chi connectivity index (χ3v) is 3.15. The molecular formula is C12H15ClF2IN3O. The first-order valence-electron chi connectivity index (χ1n) is 5.73. The number of nitrogens with zero attached hydrogens (tertiary/aromatic N) is 1. The Morgan fingerprint density at radius 3 is 2.75 bits per heavy atom. The van der Waals surface area contributed by atoms with Crippen LogP contribution in [0.25, 0.3) is 0 Å². The van der Waals surface area contributed by atoms with Crippen molar-refractivity contribution in [3.8, 4) is 5.75 Å². The van der Waals surface area contributed by atoms with Crippen molar-refractivity contribution in [2.45, 2.75) is 18.9 Å². The Balaban J connectivity index is 0.00000200. The van der Waals surface area contributed by atoms with Crippen LogP contribution in [-0.2, 0) is 0 Å². The molecule has 0 unspecified atom stereocenters. The minimum atomic E-state index is -2.34. The van der Waals surface area contributed by atoms with Gasteiger partial charge in [0.25, 0.3) is 0 Å². The molecule has 0 bridgehead atoms. The van der Waals surface area contributed by atoms with Crippen LogP contribution in [0.2, 0.25) is 5.02 Å². The lowest BCUT2D eigenvalue weighted by atomic mass is 10.3. The van der Waals surface area contributed by atoms with E-state index >= 15 is 0 Å². The van der Waals surface area contributed by atoms with Crippen molar-refractivity contribution in [1.82, 2.24) is 0 Å². The highest BCUT2D eigenvalue weighted by Gasteiger charge is 2.44. The predicted molar refractivity (Wildman–Crippen MR) is 86.6 cm³/mol. The summed E-state index contributed by atoms with van der Waals surface area (Å²) in [7, 11) is 1.52.